The molecule has 10 nitrogen and oxygen atoms in total. The number of carbonyl (C=O) groups is 2. The number of nitriles is 1. The standard InChI is InChI=1S/C23H17N3O7S/c1-2-31-18(27)12-26-16-9-5-4-8-14(16)23(22(26)28)15(11-24)21(25)32-19-13-7-3-6-10-17(13)33-34(29,30)20(19)23/h3-10H,2,12,25H2,1H3. The minimum absolute atomic E-state index is 0.00767. The van der Waals surface area contributed by atoms with Crippen LogP contribution in [0, 0.1) is 11.3 Å². The molecule has 34 heavy (non-hydrogen) atoms. The lowest BCUT2D eigenvalue weighted by Gasteiger charge is -2.37. The third-order valence-corrected chi connectivity index (χ3v) is 7.22. The van der Waals surface area contributed by atoms with Crippen LogP contribution < -0.4 is 14.8 Å². The van der Waals surface area contributed by atoms with Crippen LogP contribution in [0.4, 0.5) is 5.69 Å². The van der Waals surface area contributed by atoms with E-state index in [4.69, 9.17) is 19.4 Å². The van der Waals surface area contributed by atoms with Gasteiger partial charge in [0.25, 0.3) is 0 Å². The highest BCUT2D eigenvalue weighted by Crippen LogP contribution is 2.58. The number of rotatable bonds is 3. The Bertz CT molecular complexity index is 1490. The summed E-state index contributed by atoms with van der Waals surface area (Å²) in [6, 6.07) is 14.3. The van der Waals surface area contributed by atoms with Gasteiger partial charge in [0, 0.05) is 11.3 Å². The first-order valence-corrected chi connectivity index (χ1v) is 11.6. The zero-order valence-electron chi connectivity index (χ0n) is 17.8. The Morgan fingerprint density at radius 2 is 1.91 bits per heavy atom. The first-order valence-electron chi connectivity index (χ1n) is 10.2. The summed E-state index contributed by atoms with van der Waals surface area (Å²) in [5, 5.41) is 10.1. The summed E-state index contributed by atoms with van der Waals surface area (Å²) in [6.07, 6.45) is 0. The third kappa shape index (κ3) is 2.69. The van der Waals surface area contributed by atoms with Crippen molar-refractivity contribution in [1.82, 2.24) is 0 Å². The average Bonchev–Trinajstić information content (AvgIpc) is 3.02. The van der Waals surface area contributed by atoms with Gasteiger partial charge in [-0.2, -0.15) is 13.7 Å². The number of ether oxygens (including phenoxy) is 2. The van der Waals surface area contributed by atoms with Crippen LogP contribution in [-0.2, 0) is 34.6 Å². The maximum Gasteiger partial charge on any atom is 0.340 e. The summed E-state index contributed by atoms with van der Waals surface area (Å²) in [4.78, 5) is 27.0. The predicted molar refractivity (Wildman–Crippen MR) is 118 cm³/mol. The van der Waals surface area contributed by atoms with Crippen LogP contribution in [0.15, 0.2) is 64.9 Å². The second kappa shape index (κ2) is 7.36. The maximum absolute atomic E-state index is 14.1. The van der Waals surface area contributed by atoms with Crippen molar-refractivity contribution >= 4 is 33.4 Å². The maximum atomic E-state index is 14.1. The fourth-order valence-corrected chi connectivity index (χ4v) is 6.10. The molecule has 1 spiro atoms. The van der Waals surface area contributed by atoms with E-state index >= 15 is 0 Å². The number of hydrogen-bond acceptors (Lipinski definition) is 9. The van der Waals surface area contributed by atoms with Gasteiger partial charge in [0.1, 0.15) is 18.2 Å². The molecule has 1 atom stereocenters. The molecule has 5 rings (SSSR count). The van der Waals surface area contributed by atoms with Crippen LogP contribution in [0.2, 0.25) is 0 Å². The Labute approximate surface area is 194 Å². The molecule has 11 heteroatoms. The lowest BCUT2D eigenvalue weighted by atomic mass is 9.73. The van der Waals surface area contributed by atoms with Gasteiger partial charge in [0.2, 0.25) is 11.8 Å². The van der Waals surface area contributed by atoms with Crippen LogP contribution in [-0.4, -0.2) is 33.4 Å². The van der Waals surface area contributed by atoms with Crippen molar-refractivity contribution in [2.24, 2.45) is 5.73 Å². The highest BCUT2D eigenvalue weighted by Gasteiger charge is 2.65. The Balaban J connectivity index is 1.87. The quantitative estimate of drug-likeness (QED) is 0.512. The van der Waals surface area contributed by atoms with Crippen molar-refractivity contribution in [2.75, 3.05) is 18.1 Å². The number of nitrogens with two attached hydrogens (primary N) is 1. The summed E-state index contributed by atoms with van der Waals surface area (Å²) in [5.74, 6) is -2.20. The second-order valence-corrected chi connectivity index (χ2v) is 9.09. The molecular weight excluding hydrogens is 462 g/mol. The van der Waals surface area contributed by atoms with Gasteiger partial charge in [-0.3, -0.25) is 14.5 Å². The first kappa shape index (κ1) is 21.5. The summed E-state index contributed by atoms with van der Waals surface area (Å²) in [7, 11) is -4.64. The van der Waals surface area contributed by atoms with E-state index in [9.17, 15) is 23.3 Å². The van der Waals surface area contributed by atoms with Crippen molar-refractivity contribution < 1.29 is 31.7 Å². The number of anilines is 1. The molecule has 3 aliphatic rings. The molecule has 2 aromatic rings. The predicted octanol–water partition coefficient (Wildman–Crippen LogP) is 1.65. The molecule has 0 bridgehead atoms. The molecule has 2 N–H and O–H groups in total. The summed E-state index contributed by atoms with van der Waals surface area (Å²) >= 11 is 0. The van der Waals surface area contributed by atoms with Crippen LogP contribution in [0.5, 0.6) is 5.75 Å². The van der Waals surface area contributed by atoms with Crippen molar-refractivity contribution in [1.29, 1.82) is 5.26 Å². The Kier molecular flexibility index (Phi) is 4.66. The fraction of sp³-hybridized carbons (Fsp3) is 0.174. The van der Waals surface area contributed by atoms with E-state index in [1.54, 1.807) is 43.3 Å². The van der Waals surface area contributed by atoms with Crippen molar-refractivity contribution in [2.45, 2.75) is 12.3 Å². The SMILES string of the molecule is CCOC(=O)CN1C(=O)C2(C(C#N)=C(N)OC3=C2S(=O)(=O)Oc2ccccc23)c2ccccc21. The normalized spacial score (nSPS) is 21.8. The van der Waals surface area contributed by atoms with E-state index in [1.165, 1.54) is 12.1 Å². The van der Waals surface area contributed by atoms with Crippen LogP contribution >= 0.6 is 0 Å². The number of benzene rings is 2. The minimum atomic E-state index is -4.64. The second-order valence-electron chi connectivity index (χ2n) is 7.61. The van der Waals surface area contributed by atoms with Crippen LogP contribution in [0.25, 0.3) is 5.76 Å². The monoisotopic (exact) mass is 479 g/mol. The van der Waals surface area contributed by atoms with E-state index in [1.807, 2.05) is 6.07 Å². The molecule has 0 radical (unpaired) electrons. The molecule has 1 amide bonds. The van der Waals surface area contributed by atoms with Gasteiger partial charge < -0.3 is 19.4 Å². The number of hydrogen-bond donors (Lipinski definition) is 1. The number of esters is 1. The van der Waals surface area contributed by atoms with Gasteiger partial charge in [0.15, 0.2) is 21.8 Å². The van der Waals surface area contributed by atoms with Crippen LogP contribution in [0.3, 0.4) is 0 Å². The molecule has 0 fully saturated rings. The molecule has 172 valence electrons. The largest absolute Gasteiger partial charge is 0.465 e. The van der Waals surface area contributed by atoms with Crippen LogP contribution in [0.1, 0.15) is 18.1 Å². The molecule has 1 unspecified atom stereocenters. The van der Waals surface area contributed by atoms with Gasteiger partial charge in [0.05, 0.1) is 12.2 Å². The van der Waals surface area contributed by atoms with Gasteiger partial charge in [-0.05, 0) is 25.1 Å². The van der Waals surface area contributed by atoms with Gasteiger partial charge in [-0.1, -0.05) is 30.3 Å². The highest BCUT2D eigenvalue weighted by molar-refractivity contribution is 7.91. The van der Waals surface area contributed by atoms with E-state index in [0.29, 0.717) is 0 Å². The first-order chi connectivity index (χ1) is 16.3. The zero-order valence-corrected chi connectivity index (χ0v) is 18.6. The molecule has 2 aromatic carbocycles. The van der Waals surface area contributed by atoms with E-state index in [0.717, 1.165) is 4.90 Å². The molecule has 0 aliphatic carbocycles. The van der Waals surface area contributed by atoms with Crippen molar-refractivity contribution in [3.05, 3.63) is 76.0 Å². The zero-order chi connectivity index (χ0) is 24.3. The smallest absolute Gasteiger partial charge is 0.340 e. The Morgan fingerprint density at radius 3 is 2.65 bits per heavy atom. The summed E-state index contributed by atoms with van der Waals surface area (Å²) in [5.41, 5.74) is 4.14. The van der Waals surface area contributed by atoms with Crippen molar-refractivity contribution in [3.8, 4) is 11.8 Å². The number of carbonyl (C=O) groups excluding carboxylic acids is 2. The number of fused-ring (bicyclic) bond motifs is 5. The van der Waals surface area contributed by atoms with E-state index in [-0.39, 0.29) is 34.9 Å². The molecule has 0 saturated carbocycles. The van der Waals surface area contributed by atoms with Gasteiger partial charge in [-0.15, -0.1) is 0 Å². The van der Waals surface area contributed by atoms with E-state index < -0.39 is 50.3 Å². The lowest BCUT2D eigenvalue weighted by molar-refractivity contribution is -0.142. The highest BCUT2D eigenvalue weighted by atomic mass is 32.2. The summed E-state index contributed by atoms with van der Waals surface area (Å²) in [6.45, 7) is 1.21. The van der Waals surface area contributed by atoms with Crippen molar-refractivity contribution in [3.63, 3.8) is 0 Å². The summed E-state index contributed by atoms with van der Waals surface area (Å²) < 4.78 is 43.0. The third-order valence-electron chi connectivity index (χ3n) is 5.83. The number of para-hydroxylation sites is 2. The molecular formula is C23H17N3O7S. The van der Waals surface area contributed by atoms with Gasteiger partial charge in [-0.25, -0.2) is 0 Å². The number of nitrogens with zero attached hydrogens (tertiary/aromatic N) is 2. The lowest BCUT2D eigenvalue weighted by Crippen LogP contribution is -2.50. The average molecular weight is 479 g/mol. The molecule has 0 saturated heterocycles. The van der Waals surface area contributed by atoms with Gasteiger partial charge >= 0.3 is 16.1 Å². The fourth-order valence-electron chi connectivity index (χ4n) is 4.59. The Morgan fingerprint density at radius 1 is 1.21 bits per heavy atom. The molecule has 3 heterocycles. The molecule has 0 aromatic heterocycles. The minimum Gasteiger partial charge on any atom is -0.465 e. The Hall–Kier alpha value is -4.30. The number of amides is 1. The molecule has 3 aliphatic heterocycles. The topological polar surface area (TPSA) is 149 Å². The van der Waals surface area contributed by atoms with E-state index in [2.05, 4.69) is 0 Å².